The third kappa shape index (κ3) is 6.91. The maximum Gasteiger partial charge on any atom is 0.221 e. The molecule has 0 radical (unpaired) electrons. The van der Waals surface area contributed by atoms with E-state index < -0.39 is 6.29 Å². The Labute approximate surface area is 106 Å². The van der Waals surface area contributed by atoms with Gasteiger partial charge in [0.25, 0.3) is 0 Å². The molecular formula is C11H17ClN2O3. The Morgan fingerprint density at radius 2 is 1.88 bits per heavy atom. The van der Waals surface area contributed by atoms with Crippen molar-refractivity contribution in [2.75, 3.05) is 11.9 Å². The predicted molar refractivity (Wildman–Crippen MR) is 67.9 cm³/mol. The highest BCUT2D eigenvalue weighted by Crippen LogP contribution is 2.09. The third-order valence-electron chi connectivity index (χ3n) is 1.93. The summed E-state index contributed by atoms with van der Waals surface area (Å²) in [5.74, 6) is -0.103. The van der Waals surface area contributed by atoms with Crippen LogP contribution in [0.1, 0.15) is 12.5 Å². The second-order valence-electron chi connectivity index (χ2n) is 3.49. The fourth-order valence-electron chi connectivity index (χ4n) is 1.25. The second-order valence-corrected chi connectivity index (χ2v) is 3.49. The summed E-state index contributed by atoms with van der Waals surface area (Å²) in [6.45, 7) is 2.14. The summed E-state index contributed by atoms with van der Waals surface area (Å²) in [4.78, 5) is 10.8. The number of aliphatic hydroxyl groups is 2. The van der Waals surface area contributed by atoms with Gasteiger partial charge in [-0.15, -0.1) is 12.4 Å². The van der Waals surface area contributed by atoms with Gasteiger partial charge in [-0.05, 0) is 17.7 Å². The summed E-state index contributed by atoms with van der Waals surface area (Å²) in [5, 5.41) is 22.8. The highest BCUT2D eigenvalue weighted by molar-refractivity contribution is 5.88. The van der Waals surface area contributed by atoms with Gasteiger partial charge in [0.15, 0.2) is 6.29 Å². The van der Waals surface area contributed by atoms with Crippen molar-refractivity contribution in [1.82, 2.24) is 5.32 Å². The van der Waals surface area contributed by atoms with Crippen molar-refractivity contribution in [2.24, 2.45) is 0 Å². The van der Waals surface area contributed by atoms with Crippen molar-refractivity contribution < 1.29 is 15.0 Å². The summed E-state index contributed by atoms with van der Waals surface area (Å²) < 4.78 is 0. The highest BCUT2D eigenvalue weighted by atomic mass is 35.5. The fourth-order valence-corrected chi connectivity index (χ4v) is 1.25. The largest absolute Gasteiger partial charge is 0.367 e. The van der Waals surface area contributed by atoms with Crippen LogP contribution >= 0.6 is 12.4 Å². The first-order valence-electron chi connectivity index (χ1n) is 5.01. The molecule has 1 aromatic rings. The average molecular weight is 261 g/mol. The van der Waals surface area contributed by atoms with E-state index in [0.717, 1.165) is 11.3 Å². The lowest BCUT2D eigenvalue weighted by atomic mass is 10.2. The van der Waals surface area contributed by atoms with Crippen LogP contribution in [0, 0.1) is 0 Å². The zero-order valence-corrected chi connectivity index (χ0v) is 10.3. The number of anilines is 1. The molecule has 1 aromatic carbocycles. The van der Waals surface area contributed by atoms with Crippen molar-refractivity contribution in [2.45, 2.75) is 19.8 Å². The minimum absolute atomic E-state index is 0. The number of amides is 1. The van der Waals surface area contributed by atoms with Crippen molar-refractivity contribution in [3.8, 4) is 0 Å². The Morgan fingerprint density at radius 3 is 2.35 bits per heavy atom. The van der Waals surface area contributed by atoms with Crippen LogP contribution in [0.15, 0.2) is 24.3 Å². The molecule has 0 unspecified atom stereocenters. The average Bonchev–Trinajstić information content (AvgIpc) is 2.19. The quantitative estimate of drug-likeness (QED) is 0.580. The second kappa shape index (κ2) is 8.03. The normalized spacial score (nSPS) is 9.88. The Kier molecular flexibility index (Phi) is 7.49. The molecule has 6 heteroatoms. The van der Waals surface area contributed by atoms with Crippen molar-refractivity contribution in [3.05, 3.63) is 29.8 Å². The van der Waals surface area contributed by atoms with Crippen LogP contribution in [0.4, 0.5) is 5.69 Å². The van der Waals surface area contributed by atoms with Crippen LogP contribution < -0.4 is 10.6 Å². The maximum atomic E-state index is 10.8. The molecule has 17 heavy (non-hydrogen) atoms. The first-order valence-corrected chi connectivity index (χ1v) is 5.01. The molecule has 4 N–H and O–H groups in total. The van der Waals surface area contributed by atoms with E-state index in [1.54, 1.807) is 12.1 Å². The molecule has 0 aromatic heterocycles. The van der Waals surface area contributed by atoms with Gasteiger partial charge in [0, 0.05) is 25.7 Å². The molecule has 0 heterocycles. The summed E-state index contributed by atoms with van der Waals surface area (Å²) >= 11 is 0. The first kappa shape index (κ1) is 15.9. The van der Waals surface area contributed by atoms with Gasteiger partial charge in [0.05, 0.1) is 0 Å². The van der Waals surface area contributed by atoms with E-state index in [9.17, 15) is 4.79 Å². The Morgan fingerprint density at radius 1 is 1.29 bits per heavy atom. The minimum Gasteiger partial charge on any atom is -0.367 e. The molecule has 0 aliphatic rings. The van der Waals surface area contributed by atoms with Crippen molar-refractivity contribution >= 4 is 24.0 Å². The van der Waals surface area contributed by atoms with Crippen LogP contribution in [-0.4, -0.2) is 29.0 Å². The van der Waals surface area contributed by atoms with Gasteiger partial charge < -0.3 is 20.8 Å². The van der Waals surface area contributed by atoms with Crippen LogP contribution in [0.25, 0.3) is 0 Å². The molecule has 1 rings (SSSR count). The summed E-state index contributed by atoms with van der Waals surface area (Å²) in [7, 11) is 0. The molecular weight excluding hydrogens is 244 g/mol. The Bertz CT molecular complexity index is 341. The zero-order chi connectivity index (χ0) is 12.0. The lowest BCUT2D eigenvalue weighted by Gasteiger charge is -2.07. The molecule has 5 nitrogen and oxygen atoms in total. The highest BCUT2D eigenvalue weighted by Gasteiger charge is 1.98. The number of nitrogens with one attached hydrogen (secondary N) is 2. The monoisotopic (exact) mass is 260 g/mol. The van der Waals surface area contributed by atoms with E-state index in [1.807, 2.05) is 12.1 Å². The van der Waals surface area contributed by atoms with Crippen LogP contribution in [0.3, 0.4) is 0 Å². The maximum absolute atomic E-state index is 10.8. The number of hydrogen-bond acceptors (Lipinski definition) is 4. The van der Waals surface area contributed by atoms with Crippen LogP contribution in [0.5, 0.6) is 0 Å². The van der Waals surface area contributed by atoms with E-state index in [-0.39, 0.29) is 24.9 Å². The number of carbonyl (C=O) groups excluding carboxylic acids is 1. The molecule has 0 fully saturated rings. The molecule has 0 atom stereocenters. The van der Waals surface area contributed by atoms with E-state index in [1.165, 1.54) is 6.92 Å². The van der Waals surface area contributed by atoms with E-state index in [0.29, 0.717) is 6.54 Å². The van der Waals surface area contributed by atoms with E-state index >= 15 is 0 Å². The van der Waals surface area contributed by atoms with Gasteiger partial charge in [0.1, 0.15) is 0 Å². The summed E-state index contributed by atoms with van der Waals surface area (Å²) in [6.07, 6.45) is -1.33. The SMILES string of the molecule is CC(=O)Nc1ccc(CNCC(O)O)cc1.Cl. The standard InChI is InChI=1S/C11H16N2O3.ClH/c1-8(14)13-10-4-2-9(3-5-10)6-12-7-11(15)16;/h2-5,11-12,15-16H,6-7H2,1H3,(H,13,14);1H. The molecule has 0 aliphatic carbocycles. The van der Waals surface area contributed by atoms with Gasteiger partial charge in [-0.2, -0.15) is 0 Å². The Hall–Kier alpha value is -1.14. The van der Waals surface area contributed by atoms with Gasteiger partial charge in [-0.25, -0.2) is 0 Å². The number of aliphatic hydroxyl groups excluding tert-OH is 1. The van der Waals surface area contributed by atoms with E-state index in [4.69, 9.17) is 10.2 Å². The summed E-state index contributed by atoms with van der Waals surface area (Å²) in [5.41, 5.74) is 1.76. The molecule has 96 valence electrons. The lowest BCUT2D eigenvalue weighted by Crippen LogP contribution is -2.25. The van der Waals surface area contributed by atoms with E-state index in [2.05, 4.69) is 10.6 Å². The van der Waals surface area contributed by atoms with Gasteiger partial charge >= 0.3 is 0 Å². The van der Waals surface area contributed by atoms with Gasteiger partial charge in [-0.3, -0.25) is 4.79 Å². The molecule has 0 saturated heterocycles. The van der Waals surface area contributed by atoms with Gasteiger partial charge in [-0.1, -0.05) is 12.1 Å². The fraction of sp³-hybridized carbons (Fsp3) is 0.364. The smallest absolute Gasteiger partial charge is 0.221 e. The molecule has 0 saturated carbocycles. The number of carbonyl (C=O) groups is 1. The Balaban J connectivity index is 0.00000256. The lowest BCUT2D eigenvalue weighted by molar-refractivity contribution is -0.114. The van der Waals surface area contributed by atoms with Crippen molar-refractivity contribution in [1.29, 1.82) is 0 Å². The predicted octanol–water partition coefficient (Wildman–Crippen LogP) is 0.467. The molecule has 1 amide bonds. The van der Waals surface area contributed by atoms with Crippen molar-refractivity contribution in [3.63, 3.8) is 0 Å². The molecule has 0 spiro atoms. The minimum atomic E-state index is -1.33. The number of rotatable bonds is 5. The van der Waals surface area contributed by atoms with Crippen LogP contribution in [-0.2, 0) is 11.3 Å². The zero-order valence-electron chi connectivity index (χ0n) is 9.51. The third-order valence-corrected chi connectivity index (χ3v) is 1.93. The van der Waals surface area contributed by atoms with Gasteiger partial charge in [0.2, 0.25) is 5.91 Å². The number of halogens is 1. The topological polar surface area (TPSA) is 81.6 Å². The summed E-state index contributed by atoms with van der Waals surface area (Å²) in [6, 6.07) is 7.33. The first-order chi connectivity index (χ1) is 7.58. The van der Waals surface area contributed by atoms with Crippen LogP contribution in [0.2, 0.25) is 0 Å². The molecule has 0 bridgehead atoms. The molecule has 0 aliphatic heterocycles. The number of hydrogen-bond donors (Lipinski definition) is 4. The number of benzene rings is 1.